The van der Waals surface area contributed by atoms with Crippen LogP contribution in [-0.4, -0.2) is 29.9 Å². The normalized spacial score (nSPS) is 20.2. The topological polar surface area (TPSA) is 46.3 Å². The molecule has 0 aliphatic carbocycles. The fourth-order valence-electron chi connectivity index (χ4n) is 3.35. The molecule has 1 saturated heterocycles. The smallest absolute Gasteiger partial charge is 0.240 e. The molecule has 0 spiro atoms. The summed E-state index contributed by atoms with van der Waals surface area (Å²) in [7, 11) is 0. The second kappa shape index (κ2) is 9.78. The molecular weight excluding hydrogens is 406 g/mol. The quantitative estimate of drug-likeness (QED) is 0.686. The number of hydrogen-bond donors (Lipinski definition) is 1. The third kappa shape index (κ3) is 5.17. The van der Waals surface area contributed by atoms with E-state index >= 15 is 0 Å². The lowest BCUT2D eigenvalue weighted by atomic mass is 10.1. The van der Waals surface area contributed by atoms with E-state index in [0.717, 1.165) is 16.9 Å². The van der Waals surface area contributed by atoms with Gasteiger partial charge in [-0.2, -0.15) is 0 Å². The van der Waals surface area contributed by atoms with Gasteiger partial charge in [0, 0.05) is 17.5 Å². The molecule has 27 heavy (non-hydrogen) atoms. The van der Waals surface area contributed by atoms with Crippen molar-refractivity contribution in [2.75, 3.05) is 13.1 Å². The van der Waals surface area contributed by atoms with Crippen molar-refractivity contribution < 1.29 is 9.18 Å². The van der Waals surface area contributed by atoms with Crippen LogP contribution in [0.2, 0.25) is 5.02 Å². The number of carbonyl (C=O) groups excluding carboxylic acids is 1. The first-order chi connectivity index (χ1) is 12.5. The Kier molecular flexibility index (Phi) is 7.98. The van der Waals surface area contributed by atoms with Crippen molar-refractivity contribution >= 4 is 41.7 Å². The Morgan fingerprint density at radius 1 is 1.33 bits per heavy atom. The summed E-state index contributed by atoms with van der Waals surface area (Å²) in [4.78, 5) is 16.0. The minimum Gasteiger partial charge on any atom is -0.338 e. The maximum Gasteiger partial charge on any atom is 0.240 e. The number of nitrogens with two attached hydrogens (primary N) is 1. The average molecular weight is 429 g/mol. The molecule has 1 aliphatic rings. The van der Waals surface area contributed by atoms with Crippen LogP contribution in [0.3, 0.4) is 0 Å². The first kappa shape index (κ1) is 22.0. The van der Waals surface area contributed by atoms with Crippen LogP contribution in [0.25, 0.3) is 0 Å². The van der Waals surface area contributed by atoms with E-state index < -0.39 is 11.1 Å². The van der Waals surface area contributed by atoms with Crippen molar-refractivity contribution in [3.8, 4) is 0 Å². The molecule has 3 rings (SSSR count). The van der Waals surface area contributed by atoms with E-state index in [4.69, 9.17) is 17.3 Å². The van der Waals surface area contributed by atoms with E-state index in [1.54, 1.807) is 12.1 Å². The van der Waals surface area contributed by atoms with Gasteiger partial charge in [0.1, 0.15) is 11.1 Å². The van der Waals surface area contributed by atoms with Gasteiger partial charge in [0.25, 0.3) is 0 Å². The highest BCUT2D eigenvalue weighted by Gasteiger charge is 2.36. The fraction of sp³-hybridized carbons (Fsp3) is 0.350. The third-order valence-electron chi connectivity index (χ3n) is 4.75. The lowest BCUT2D eigenvalue weighted by Crippen LogP contribution is -2.37. The first-order valence-electron chi connectivity index (χ1n) is 8.66. The summed E-state index contributed by atoms with van der Waals surface area (Å²) in [5.74, 6) is -0.0571. The molecule has 2 N–H and O–H groups in total. The highest BCUT2D eigenvalue weighted by Crippen LogP contribution is 2.39. The van der Waals surface area contributed by atoms with Gasteiger partial charge in [-0.3, -0.25) is 4.79 Å². The standard InChI is InChI=1S/C20H22ClFN2OS.ClH/c1-13-9-14(11-23)12-24(13)20(25)19(15-5-3-2-4-6-15)26-16-7-8-18(22)17(21)10-16;/h2-8,10,13-14,19H,9,11-12,23H2,1H3;1H. The van der Waals surface area contributed by atoms with Crippen molar-refractivity contribution in [3.63, 3.8) is 0 Å². The van der Waals surface area contributed by atoms with Gasteiger partial charge in [0.05, 0.1) is 5.02 Å². The Bertz CT molecular complexity index is 778. The number of nitrogens with zero attached hydrogens (tertiary/aromatic N) is 1. The van der Waals surface area contributed by atoms with E-state index in [1.165, 1.54) is 17.8 Å². The van der Waals surface area contributed by atoms with Crippen molar-refractivity contribution in [1.82, 2.24) is 4.90 Å². The van der Waals surface area contributed by atoms with Crippen LogP contribution in [0.1, 0.15) is 24.2 Å². The van der Waals surface area contributed by atoms with Crippen LogP contribution < -0.4 is 5.73 Å². The maximum atomic E-state index is 13.5. The number of hydrogen-bond acceptors (Lipinski definition) is 3. The number of likely N-dealkylation sites (tertiary alicyclic amines) is 1. The lowest BCUT2D eigenvalue weighted by molar-refractivity contribution is -0.131. The fourth-order valence-corrected chi connectivity index (χ4v) is 4.73. The Balaban J connectivity index is 0.00000261. The molecule has 0 bridgehead atoms. The zero-order valence-corrected chi connectivity index (χ0v) is 17.4. The van der Waals surface area contributed by atoms with Gasteiger partial charge in [-0.15, -0.1) is 24.2 Å². The number of halogens is 3. The number of amides is 1. The lowest BCUT2D eigenvalue weighted by Gasteiger charge is -2.27. The molecule has 146 valence electrons. The van der Waals surface area contributed by atoms with Gasteiger partial charge in [-0.25, -0.2) is 4.39 Å². The molecule has 1 aliphatic heterocycles. The second-order valence-electron chi connectivity index (χ2n) is 6.66. The van der Waals surface area contributed by atoms with Crippen LogP contribution in [0, 0.1) is 11.7 Å². The van der Waals surface area contributed by atoms with E-state index in [-0.39, 0.29) is 29.4 Å². The average Bonchev–Trinajstić information content (AvgIpc) is 3.03. The highest BCUT2D eigenvalue weighted by molar-refractivity contribution is 8.00. The molecule has 3 unspecified atom stereocenters. The number of rotatable bonds is 5. The van der Waals surface area contributed by atoms with E-state index in [9.17, 15) is 9.18 Å². The SMILES string of the molecule is CC1CC(CN)CN1C(=O)C(Sc1ccc(F)c(Cl)c1)c1ccccc1.Cl. The number of carbonyl (C=O) groups is 1. The largest absolute Gasteiger partial charge is 0.338 e. The van der Waals surface area contributed by atoms with Crippen LogP contribution in [-0.2, 0) is 4.79 Å². The molecule has 7 heteroatoms. The zero-order chi connectivity index (χ0) is 18.7. The second-order valence-corrected chi connectivity index (χ2v) is 8.25. The van der Waals surface area contributed by atoms with E-state index in [2.05, 4.69) is 6.92 Å². The summed E-state index contributed by atoms with van der Waals surface area (Å²) in [5.41, 5.74) is 6.73. The van der Waals surface area contributed by atoms with Crippen LogP contribution in [0.4, 0.5) is 4.39 Å². The molecule has 3 atom stereocenters. The minimum atomic E-state index is -0.461. The van der Waals surface area contributed by atoms with Gasteiger partial charge in [0.15, 0.2) is 0 Å². The Hall–Kier alpha value is -1.27. The molecule has 0 saturated carbocycles. The van der Waals surface area contributed by atoms with Crippen molar-refractivity contribution in [2.24, 2.45) is 11.7 Å². The summed E-state index contributed by atoms with van der Waals surface area (Å²) in [5, 5.41) is -0.344. The molecule has 0 aromatic heterocycles. The molecular formula is C20H23Cl2FN2OS. The molecule has 1 heterocycles. The summed E-state index contributed by atoms with van der Waals surface area (Å²) < 4.78 is 13.5. The van der Waals surface area contributed by atoms with Gasteiger partial charge in [0.2, 0.25) is 5.91 Å². The zero-order valence-electron chi connectivity index (χ0n) is 15.0. The van der Waals surface area contributed by atoms with Gasteiger partial charge in [-0.05, 0) is 49.6 Å². The van der Waals surface area contributed by atoms with Gasteiger partial charge < -0.3 is 10.6 Å². The van der Waals surface area contributed by atoms with Crippen molar-refractivity contribution in [2.45, 2.75) is 29.5 Å². The summed E-state index contributed by atoms with van der Waals surface area (Å²) in [6.07, 6.45) is 0.927. The first-order valence-corrected chi connectivity index (χ1v) is 9.92. The van der Waals surface area contributed by atoms with Crippen molar-refractivity contribution in [1.29, 1.82) is 0 Å². The molecule has 1 fully saturated rings. The highest BCUT2D eigenvalue weighted by atomic mass is 35.5. The molecule has 0 radical (unpaired) electrons. The molecule has 1 amide bonds. The summed E-state index contributed by atoms with van der Waals surface area (Å²) >= 11 is 7.31. The van der Waals surface area contributed by atoms with Gasteiger partial charge in [-0.1, -0.05) is 41.9 Å². The minimum absolute atomic E-state index is 0. The third-order valence-corrected chi connectivity index (χ3v) is 6.27. The predicted octanol–water partition coefficient (Wildman–Crippen LogP) is 4.93. The van der Waals surface area contributed by atoms with Gasteiger partial charge >= 0.3 is 0 Å². The number of benzene rings is 2. The maximum absolute atomic E-state index is 13.5. The van der Waals surface area contributed by atoms with Crippen molar-refractivity contribution in [3.05, 3.63) is 64.9 Å². The van der Waals surface area contributed by atoms with Crippen LogP contribution in [0.15, 0.2) is 53.4 Å². The molecule has 2 aromatic rings. The number of thioether (sulfide) groups is 1. The Morgan fingerprint density at radius 3 is 2.63 bits per heavy atom. The van der Waals surface area contributed by atoms with E-state index in [0.29, 0.717) is 19.0 Å². The predicted molar refractivity (Wildman–Crippen MR) is 112 cm³/mol. The van der Waals surface area contributed by atoms with E-state index in [1.807, 2.05) is 35.2 Å². The molecule has 2 aromatic carbocycles. The summed E-state index contributed by atoms with van der Waals surface area (Å²) in [6.45, 7) is 3.34. The van der Waals surface area contributed by atoms with Crippen LogP contribution >= 0.6 is 35.8 Å². The monoisotopic (exact) mass is 428 g/mol. The molecule has 3 nitrogen and oxygen atoms in total. The van der Waals surface area contributed by atoms with Crippen LogP contribution in [0.5, 0.6) is 0 Å². The summed E-state index contributed by atoms with van der Waals surface area (Å²) in [6, 6.07) is 14.4. The Morgan fingerprint density at radius 2 is 2.04 bits per heavy atom. The Labute approximate surface area is 174 Å².